The molecule has 1 atom stereocenters. The molecule has 2 fully saturated rings. The van der Waals surface area contributed by atoms with E-state index < -0.39 is 0 Å². The summed E-state index contributed by atoms with van der Waals surface area (Å²) in [7, 11) is 0. The predicted octanol–water partition coefficient (Wildman–Crippen LogP) is 2.08. The molecule has 2 rings (SSSR count). The quantitative estimate of drug-likeness (QED) is 0.567. The maximum atomic E-state index is 12.0. The zero-order chi connectivity index (χ0) is 13.7. The predicted molar refractivity (Wildman–Crippen MR) is 74.6 cm³/mol. The summed E-state index contributed by atoms with van der Waals surface area (Å²) in [5, 5.41) is 3.26. The Hall–Kier alpha value is -0.900. The molecule has 2 amide bonds. The Morgan fingerprint density at radius 3 is 2.68 bits per heavy atom. The Morgan fingerprint density at radius 2 is 2.00 bits per heavy atom. The van der Waals surface area contributed by atoms with E-state index in [-0.39, 0.29) is 17.9 Å². The largest absolute Gasteiger partial charge is 0.305 e. The zero-order valence-electron chi connectivity index (χ0n) is 12.0. The summed E-state index contributed by atoms with van der Waals surface area (Å²) in [6, 6.07) is -0.261. The van der Waals surface area contributed by atoms with Crippen molar-refractivity contribution in [3.8, 4) is 0 Å². The molecule has 0 aromatic heterocycles. The molecule has 0 bridgehead atoms. The first-order valence-corrected chi connectivity index (χ1v) is 7.80. The number of nitrogens with one attached hydrogen (secondary N) is 1. The molecule has 4 nitrogen and oxygen atoms in total. The summed E-state index contributed by atoms with van der Waals surface area (Å²) in [6.07, 6.45) is 9.11. The molecule has 1 saturated heterocycles. The van der Waals surface area contributed by atoms with E-state index in [0.29, 0.717) is 13.0 Å². The summed E-state index contributed by atoms with van der Waals surface area (Å²) in [4.78, 5) is 25.1. The molecule has 0 radical (unpaired) electrons. The molecule has 0 aromatic carbocycles. The van der Waals surface area contributed by atoms with Crippen LogP contribution in [0.25, 0.3) is 0 Å². The van der Waals surface area contributed by atoms with Crippen molar-refractivity contribution in [2.24, 2.45) is 5.92 Å². The summed E-state index contributed by atoms with van der Waals surface area (Å²) in [5.41, 5.74) is 0. The number of hydrogen-bond acceptors (Lipinski definition) is 3. The molecular formula is C15H26N2O2. The average molecular weight is 266 g/mol. The molecule has 19 heavy (non-hydrogen) atoms. The highest BCUT2D eigenvalue weighted by atomic mass is 16.2. The van der Waals surface area contributed by atoms with Gasteiger partial charge in [-0.2, -0.15) is 0 Å². The van der Waals surface area contributed by atoms with Crippen molar-refractivity contribution in [2.75, 3.05) is 13.1 Å². The highest BCUT2D eigenvalue weighted by molar-refractivity contribution is 6.05. The van der Waals surface area contributed by atoms with Crippen molar-refractivity contribution < 1.29 is 9.59 Å². The molecule has 0 aromatic rings. The van der Waals surface area contributed by atoms with E-state index in [4.69, 9.17) is 0 Å². The third kappa shape index (κ3) is 3.78. The molecule has 108 valence electrons. The van der Waals surface area contributed by atoms with Gasteiger partial charge in [-0.1, -0.05) is 32.6 Å². The summed E-state index contributed by atoms with van der Waals surface area (Å²) in [5.74, 6) is 0.868. The van der Waals surface area contributed by atoms with Crippen LogP contribution < -0.4 is 5.32 Å². The van der Waals surface area contributed by atoms with Crippen LogP contribution in [0.2, 0.25) is 0 Å². The number of hydrogen-bond donors (Lipinski definition) is 1. The molecule has 1 heterocycles. The summed E-state index contributed by atoms with van der Waals surface area (Å²) in [6.45, 7) is 3.42. The van der Waals surface area contributed by atoms with Crippen LogP contribution in [0.5, 0.6) is 0 Å². The van der Waals surface area contributed by atoms with E-state index in [9.17, 15) is 9.59 Å². The van der Waals surface area contributed by atoms with Crippen LogP contribution in [-0.4, -0.2) is 35.8 Å². The van der Waals surface area contributed by atoms with Crippen LogP contribution in [-0.2, 0) is 9.59 Å². The molecule has 1 N–H and O–H groups in total. The second-order valence-corrected chi connectivity index (χ2v) is 5.89. The van der Waals surface area contributed by atoms with E-state index in [1.807, 2.05) is 6.92 Å². The zero-order valence-corrected chi connectivity index (χ0v) is 12.0. The van der Waals surface area contributed by atoms with Gasteiger partial charge in [-0.3, -0.25) is 14.5 Å². The van der Waals surface area contributed by atoms with E-state index >= 15 is 0 Å². The lowest BCUT2D eigenvalue weighted by atomic mass is 10.0. The number of carbonyl (C=O) groups is 2. The van der Waals surface area contributed by atoms with Gasteiger partial charge >= 0.3 is 0 Å². The second-order valence-electron chi connectivity index (χ2n) is 5.89. The standard InChI is InChI=1S/C15H26N2O2/c1-2-10-17-14(18)11-13(15(17)19)16-9-5-8-12-6-3-4-7-12/h12-13,16H,2-11H2,1H3. The highest BCUT2D eigenvalue weighted by Gasteiger charge is 2.37. The van der Waals surface area contributed by atoms with Gasteiger partial charge in [0, 0.05) is 6.54 Å². The maximum absolute atomic E-state index is 12.0. The molecule has 1 aliphatic carbocycles. The summed E-state index contributed by atoms with van der Waals surface area (Å²) < 4.78 is 0. The average Bonchev–Trinajstić information content (AvgIpc) is 2.99. The fourth-order valence-corrected chi connectivity index (χ4v) is 3.27. The first-order valence-electron chi connectivity index (χ1n) is 7.80. The van der Waals surface area contributed by atoms with E-state index in [1.54, 1.807) is 0 Å². The Bertz CT molecular complexity index is 324. The van der Waals surface area contributed by atoms with Crippen LogP contribution in [0, 0.1) is 5.92 Å². The molecule has 4 heteroatoms. The van der Waals surface area contributed by atoms with Crippen LogP contribution in [0.4, 0.5) is 0 Å². The first-order chi connectivity index (χ1) is 9.22. The Kier molecular flexibility index (Phi) is 5.37. The molecule has 1 aliphatic heterocycles. The Balaban J connectivity index is 1.65. The normalized spacial score (nSPS) is 24.7. The molecule has 1 saturated carbocycles. The van der Waals surface area contributed by atoms with Gasteiger partial charge in [0.25, 0.3) is 0 Å². The van der Waals surface area contributed by atoms with Crippen LogP contribution in [0.3, 0.4) is 0 Å². The third-order valence-corrected chi connectivity index (χ3v) is 4.35. The van der Waals surface area contributed by atoms with E-state index in [2.05, 4.69) is 5.32 Å². The minimum Gasteiger partial charge on any atom is -0.305 e. The van der Waals surface area contributed by atoms with Gasteiger partial charge in [0.05, 0.1) is 12.5 Å². The number of amides is 2. The second kappa shape index (κ2) is 7.04. The Labute approximate surface area is 115 Å². The molecule has 1 unspecified atom stereocenters. The third-order valence-electron chi connectivity index (χ3n) is 4.35. The van der Waals surface area contributed by atoms with Gasteiger partial charge in [0.1, 0.15) is 0 Å². The van der Waals surface area contributed by atoms with Crippen molar-refractivity contribution in [3.63, 3.8) is 0 Å². The van der Waals surface area contributed by atoms with E-state index in [1.165, 1.54) is 37.0 Å². The topological polar surface area (TPSA) is 49.4 Å². The van der Waals surface area contributed by atoms with E-state index in [0.717, 1.165) is 25.3 Å². The van der Waals surface area contributed by atoms with Gasteiger partial charge < -0.3 is 5.32 Å². The van der Waals surface area contributed by atoms with Crippen LogP contribution in [0.15, 0.2) is 0 Å². The first kappa shape index (κ1) is 14.5. The summed E-state index contributed by atoms with van der Waals surface area (Å²) >= 11 is 0. The fourth-order valence-electron chi connectivity index (χ4n) is 3.27. The number of rotatable bonds is 7. The molecule has 2 aliphatic rings. The van der Waals surface area contributed by atoms with Crippen LogP contribution >= 0.6 is 0 Å². The molecule has 0 spiro atoms. The Morgan fingerprint density at radius 1 is 1.26 bits per heavy atom. The number of nitrogens with zero attached hydrogens (tertiary/aromatic N) is 1. The van der Waals surface area contributed by atoms with Crippen molar-refractivity contribution in [1.82, 2.24) is 10.2 Å². The van der Waals surface area contributed by atoms with Crippen molar-refractivity contribution in [3.05, 3.63) is 0 Å². The van der Waals surface area contributed by atoms with Gasteiger partial charge in [0.15, 0.2) is 0 Å². The minimum atomic E-state index is -0.261. The number of carbonyl (C=O) groups excluding carboxylic acids is 2. The van der Waals surface area contributed by atoms with Crippen molar-refractivity contribution in [1.29, 1.82) is 0 Å². The van der Waals surface area contributed by atoms with Gasteiger partial charge in [-0.25, -0.2) is 0 Å². The fraction of sp³-hybridized carbons (Fsp3) is 0.867. The molecular weight excluding hydrogens is 240 g/mol. The number of likely N-dealkylation sites (tertiary alicyclic amines) is 1. The monoisotopic (exact) mass is 266 g/mol. The maximum Gasteiger partial charge on any atom is 0.246 e. The highest BCUT2D eigenvalue weighted by Crippen LogP contribution is 2.28. The lowest BCUT2D eigenvalue weighted by Crippen LogP contribution is -2.39. The lowest BCUT2D eigenvalue weighted by Gasteiger charge is -2.15. The van der Waals surface area contributed by atoms with Gasteiger partial charge in [-0.05, 0) is 31.7 Å². The minimum absolute atomic E-state index is 0.0138. The SMILES string of the molecule is CCCN1C(=O)CC(NCCCC2CCCC2)C1=O. The number of imide groups is 1. The van der Waals surface area contributed by atoms with Crippen LogP contribution in [0.1, 0.15) is 58.3 Å². The van der Waals surface area contributed by atoms with Gasteiger partial charge in [0.2, 0.25) is 11.8 Å². The van der Waals surface area contributed by atoms with Crippen molar-refractivity contribution in [2.45, 2.75) is 64.3 Å². The van der Waals surface area contributed by atoms with Crippen molar-refractivity contribution >= 4 is 11.8 Å². The smallest absolute Gasteiger partial charge is 0.246 e. The van der Waals surface area contributed by atoms with Gasteiger partial charge in [-0.15, -0.1) is 0 Å². The lowest BCUT2D eigenvalue weighted by molar-refractivity contribution is -0.138.